The average molecular weight is 461 g/mol. The fraction of sp³-hybridized carbons (Fsp3) is 0.250. The van der Waals surface area contributed by atoms with Gasteiger partial charge in [-0.3, -0.25) is 9.59 Å². The van der Waals surface area contributed by atoms with Gasteiger partial charge in [-0.2, -0.15) is 5.10 Å². The van der Waals surface area contributed by atoms with Gasteiger partial charge in [0.25, 0.3) is 5.56 Å². The smallest absolute Gasteiger partial charge is 0.262 e. The molecule has 2 aromatic carbocycles. The molecule has 1 fully saturated rings. The Kier molecular flexibility index (Phi) is 6.12. The molecule has 0 spiro atoms. The number of thioether (sulfide) groups is 1. The number of hydrogen-bond donors (Lipinski definition) is 2. The molecular formula is C24H24N6O2S. The molecule has 0 bridgehead atoms. The number of fused-ring (bicyclic) bond motifs is 1. The first-order chi connectivity index (χ1) is 16.2. The number of rotatable bonds is 7. The van der Waals surface area contributed by atoms with Gasteiger partial charge in [0.1, 0.15) is 5.39 Å². The Bertz CT molecular complexity index is 1310. The summed E-state index contributed by atoms with van der Waals surface area (Å²) in [5.74, 6) is 0.536. The summed E-state index contributed by atoms with van der Waals surface area (Å²) in [5, 5.41) is 8.15. The van der Waals surface area contributed by atoms with Gasteiger partial charge in [-0.15, -0.1) is 0 Å². The van der Waals surface area contributed by atoms with E-state index in [1.807, 2.05) is 48.5 Å². The van der Waals surface area contributed by atoms with E-state index in [0.29, 0.717) is 28.7 Å². The maximum Gasteiger partial charge on any atom is 0.262 e. The van der Waals surface area contributed by atoms with Gasteiger partial charge >= 0.3 is 0 Å². The van der Waals surface area contributed by atoms with Gasteiger partial charge in [0.2, 0.25) is 5.91 Å². The van der Waals surface area contributed by atoms with Crippen molar-refractivity contribution in [1.29, 1.82) is 0 Å². The van der Waals surface area contributed by atoms with Crippen LogP contribution in [0.3, 0.4) is 0 Å². The molecule has 0 saturated carbocycles. The summed E-state index contributed by atoms with van der Waals surface area (Å²) in [6, 6.07) is 19.9. The molecule has 4 aromatic rings. The van der Waals surface area contributed by atoms with E-state index >= 15 is 0 Å². The van der Waals surface area contributed by atoms with Crippen LogP contribution in [-0.4, -0.2) is 51.0 Å². The Balaban J connectivity index is 1.18. The molecule has 1 aliphatic heterocycles. The fourth-order valence-corrected chi connectivity index (χ4v) is 4.73. The SMILES string of the molecule is O=C(CSc1nc2c(cnn2-c2ccccc2)c(=O)[nH]1)NCC1CCN(c2ccccc2)C1. The number of nitrogens with zero attached hydrogens (tertiary/aromatic N) is 4. The molecule has 3 heterocycles. The fourth-order valence-electron chi connectivity index (χ4n) is 4.04. The van der Waals surface area contributed by atoms with Gasteiger partial charge in [0.05, 0.1) is 17.6 Å². The van der Waals surface area contributed by atoms with Crippen molar-refractivity contribution < 1.29 is 4.79 Å². The molecular weight excluding hydrogens is 436 g/mol. The first-order valence-corrected chi connectivity index (χ1v) is 11.9. The molecule has 0 radical (unpaired) electrons. The Hall–Kier alpha value is -3.59. The normalized spacial score (nSPS) is 15.8. The zero-order valence-electron chi connectivity index (χ0n) is 18.0. The lowest BCUT2D eigenvalue weighted by Crippen LogP contribution is -2.32. The highest BCUT2D eigenvalue weighted by Crippen LogP contribution is 2.23. The van der Waals surface area contributed by atoms with E-state index in [9.17, 15) is 9.59 Å². The van der Waals surface area contributed by atoms with Crippen LogP contribution in [0, 0.1) is 5.92 Å². The van der Waals surface area contributed by atoms with Crippen molar-refractivity contribution in [2.75, 3.05) is 30.3 Å². The summed E-state index contributed by atoms with van der Waals surface area (Å²) < 4.78 is 1.63. The average Bonchev–Trinajstić information content (AvgIpc) is 3.50. The summed E-state index contributed by atoms with van der Waals surface area (Å²) in [5.41, 5.74) is 2.25. The summed E-state index contributed by atoms with van der Waals surface area (Å²) in [6.07, 6.45) is 2.56. The third kappa shape index (κ3) is 4.78. The number of nitrogens with one attached hydrogen (secondary N) is 2. The lowest BCUT2D eigenvalue weighted by atomic mass is 10.1. The van der Waals surface area contributed by atoms with Crippen LogP contribution < -0.4 is 15.8 Å². The third-order valence-corrected chi connectivity index (χ3v) is 6.63. The van der Waals surface area contributed by atoms with E-state index < -0.39 is 0 Å². The van der Waals surface area contributed by atoms with Crippen molar-refractivity contribution in [3.63, 3.8) is 0 Å². The molecule has 2 aromatic heterocycles. The molecule has 1 amide bonds. The van der Waals surface area contributed by atoms with E-state index in [1.54, 1.807) is 4.68 Å². The van der Waals surface area contributed by atoms with Crippen LogP contribution in [0.15, 0.2) is 76.8 Å². The molecule has 5 rings (SSSR count). The monoisotopic (exact) mass is 460 g/mol. The van der Waals surface area contributed by atoms with Crippen molar-refractivity contribution in [3.05, 3.63) is 77.2 Å². The quantitative estimate of drug-likeness (QED) is 0.325. The molecule has 1 saturated heterocycles. The second-order valence-corrected chi connectivity index (χ2v) is 8.99. The number of anilines is 1. The summed E-state index contributed by atoms with van der Waals surface area (Å²) >= 11 is 1.21. The highest BCUT2D eigenvalue weighted by atomic mass is 32.2. The predicted octanol–water partition coefficient (Wildman–Crippen LogP) is 2.84. The maximum absolute atomic E-state index is 12.5. The number of amides is 1. The van der Waals surface area contributed by atoms with Gasteiger partial charge in [-0.1, -0.05) is 48.2 Å². The highest BCUT2D eigenvalue weighted by Gasteiger charge is 2.23. The number of hydrogen-bond acceptors (Lipinski definition) is 6. The molecule has 9 heteroatoms. The van der Waals surface area contributed by atoms with Crippen LogP contribution in [-0.2, 0) is 4.79 Å². The van der Waals surface area contributed by atoms with Gasteiger partial charge in [-0.05, 0) is 36.6 Å². The van der Waals surface area contributed by atoms with E-state index in [4.69, 9.17) is 0 Å². The summed E-state index contributed by atoms with van der Waals surface area (Å²) in [7, 11) is 0. The number of aromatic amines is 1. The van der Waals surface area contributed by atoms with Crippen LogP contribution in [0.2, 0.25) is 0 Å². The molecule has 1 unspecified atom stereocenters. The van der Waals surface area contributed by atoms with Crippen molar-refractivity contribution in [3.8, 4) is 5.69 Å². The van der Waals surface area contributed by atoms with Gasteiger partial charge in [-0.25, -0.2) is 9.67 Å². The third-order valence-electron chi connectivity index (χ3n) is 5.75. The maximum atomic E-state index is 12.5. The molecule has 1 aliphatic rings. The van der Waals surface area contributed by atoms with Gasteiger partial charge < -0.3 is 15.2 Å². The van der Waals surface area contributed by atoms with E-state index in [0.717, 1.165) is 25.2 Å². The van der Waals surface area contributed by atoms with Gasteiger partial charge in [0, 0.05) is 25.3 Å². The Morgan fingerprint density at radius 1 is 1.09 bits per heavy atom. The van der Waals surface area contributed by atoms with Crippen LogP contribution in [0.4, 0.5) is 5.69 Å². The standard InChI is InChI=1S/C24H24N6O2S/c31-21(25-13-17-11-12-29(15-17)18-7-3-1-4-8-18)16-33-24-27-22-20(23(32)28-24)14-26-30(22)19-9-5-2-6-10-19/h1-10,14,17H,11-13,15-16H2,(H,25,31)(H,27,28,32). The molecule has 33 heavy (non-hydrogen) atoms. The molecule has 0 aliphatic carbocycles. The minimum atomic E-state index is -0.267. The number of para-hydroxylation sites is 2. The van der Waals surface area contributed by atoms with E-state index in [-0.39, 0.29) is 17.2 Å². The molecule has 2 N–H and O–H groups in total. The van der Waals surface area contributed by atoms with E-state index in [1.165, 1.54) is 23.6 Å². The number of benzene rings is 2. The Morgan fingerprint density at radius 3 is 2.58 bits per heavy atom. The topological polar surface area (TPSA) is 95.9 Å². The van der Waals surface area contributed by atoms with Crippen molar-refractivity contribution >= 4 is 34.4 Å². The molecule has 168 valence electrons. The highest BCUT2D eigenvalue weighted by molar-refractivity contribution is 7.99. The van der Waals surface area contributed by atoms with Crippen molar-refractivity contribution in [1.82, 2.24) is 25.1 Å². The number of aromatic nitrogens is 4. The van der Waals surface area contributed by atoms with Gasteiger partial charge in [0.15, 0.2) is 10.8 Å². The summed E-state index contributed by atoms with van der Waals surface area (Å²) in [4.78, 5) is 34.5. The zero-order valence-corrected chi connectivity index (χ0v) is 18.8. The molecule has 1 atom stereocenters. The summed E-state index contributed by atoms with van der Waals surface area (Å²) in [6.45, 7) is 2.58. The lowest BCUT2D eigenvalue weighted by Gasteiger charge is -2.18. The number of carbonyl (C=O) groups is 1. The minimum absolute atomic E-state index is 0.0718. The van der Waals surface area contributed by atoms with Crippen LogP contribution in [0.5, 0.6) is 0 Å². The van der Waals surface area contributed by atoms with Crippen molar-refractivity contribution in [2.24, 2.45) is 5.92 Å². The minimum Gasteiger partial charge on any atom is -0.371 e. The van der Waals surface area contributed by atoms with E-state index in [2.05, 4.69) is 37.4 Å². The lowest BCUT2D eigenvalue weighted by molar-refractivity contribution is -0.118. The first kappa shape index (κ1) is 21.3. The zero-order chi connectivity index (χ0) is 22.6. The van der Waals surface area contributed by atoms with Crippen LogP contribution in [0.25, 0.3) is 16.7 Å². The predicted molar refractivity (Wildman–Crippen MR) is 130 cm³/mol. The Morgan fingerprint density at radius 2 is 1.82 bits per heavy atom. The first-order valence-electron chi connectivity index (χ1n) is 10.9. The molecule has 8 nitrogen and oxygen atoms in total. The van der Waals surface area contributed by atoms with Crippen LogP contribution in [0.1, 0.15) is 6.42 Å². The number of carbonyl (C=O) groups excluding carboxylic acids is 1. The second-order valence-electron chi connectivity index (χ2n) is 8.03. The largest absolute Gasteiger partial charge is 0.371 e. The number of H-pyrrole nitrogens is 1. The second kappa shape index (κ2) is 9.50. The van der Waals surface area contributed by atoms with Crippen LogP contribution >= 0.6 is 11.8 Å². The Labute approximate surface area is 195 Å². The van der Waals surface area contributed by atoms with Crippen molar-refractivity contribution in [2.45, 2.75) is 11.6 Å².